The van der Waals surface area contributed by atoms with Crippen LogP contribution in [0.1, 0.15) is 41.8 Å². The van der Waals surface area contributed by atoms with E-state index in [0.29, 0.717) is 37.6 Å². The van der Waals surface area contributed by atoms with Crippen LogP contribution in [0.4, 0.5) is 4.39 Å². The molecular weight excluding hydrogens is 359 g/mol. The molecule has 28 heavy (non-hydrogen) atoms. The Morgan fingerprint density at radius 3 is 2.75 bits per heavy atom. The minimum atomic E-state index is -0.175. The van der Waals surface area contributed by atoms with E-state index in [0.717, 1.165) is 32.2 Å². The van der Waals surface area contributed by atoms with E-state index in [-0.39, 0.29) is 23.9 Å². The second kappa shape index (κ2) is 8.88. The Balaban J connectivity index is 1.42. The molecule has 0 spiro atoms. The Hall–Kier alpha value is -2.18. The van der Waals surface area contributed by atoms with E-state index in [9.17, 15) is 9.18 Å². The second-order valence-electron chi connectivity index (χ2n) is 7.69. The molecule has 4 rings (SSSR count). The molecule has 1 atom stereocenters. The fourth-order valence-corrected chi connectivity index (χ4v) is 4.28. The summed E-state index contributed by atoms with van der Waals surface area (Å²) in [6.45, 7) is 3.13. The van der Waals surface area contributed by atoms with Crippen molar-refractivity contribution < 1.29 is 18.3 Å². The van der Waals surface area contributed by atoms with Gasteiger partial charge in [0, 0.05) is 37.8 Å². The highest BCUT2D eigenvalue weighted by Gasteiger charge is 2.32. The van der Waals surface area contributed by atoms with Gasteiger partial charge in [0.15, 0.2) is 5.76 Å². The molecule has 0 N–H and O–H groups in total. The van der Waals surface area contributed by atoms with E-state index in [1.165, 1.54) is 12.3 Å². The molecule has 1 aliphatic carbocycles. The van der Waals surface area contributed by atoms with Crippen LogP contribution in [-0.4, -0.2) is 54.1 Å². The molecule has 1 aromatic carbocycles. The lowest BCUT2D eigenvalue weighted by molar-refractivity contribution is -0.0473. The fourth-order valence-electron chi connectivity index (χ4n) is 4.28. The third-order valence-corrected chi connectivity index (χ3v) is 5.73. The Morgan fingerprint density at radius 1 is 1.18 bits per heavy atom. The van der Waals surface area contributed by atoms with Crippen LogP contribution in [0.2, 0.25) is 0 Å². The minimum absolute atomic E-state index is 0.0632. The normalized spacial score (nSPS) is 21.1. The molecular formula is C22H27FN2O3. The molecule has 2 aromatic rings. The van der Waals surface area contributed by atoms with Crippen molar-refractivity contribution in [2.75, 3.05) is 26.2 Å². The monoisotopic (exact) mass is 386 g/mol. The number of morpholine rings is 1. The molecule has 1 amide bonds. The number of furan rings is 1. The van der Waals surface area contributed by atoms with Gasteiger partial charge >= 0.3 is 0 Å². The highest BCUT2D eigenvalue weighted by Crippen LogP contribution is 2.26. The van der Waals surface area contributed by atoms with Crippen molar-refractivity contribution in [3.05, 3.63) is 59.8 Å². The molecule has 6 heteroatoms. The minimum Gasteiger partial charge on any atom is -0.459 e. The molecule has 1 aromatic heterocycles. The van der Waals surface area contributed by atoms with E-state index >= 15 is 0 Å². The number of nitrogens with zero attached hydrogens (tertiary/aromatic N) is 2. The van der Waals surface area contributed by atoms with Gasteiger partial charge in [0.1, 0.15) is 5.82 Å². The molecule has 2 aliphatic rings. The number of benzene rings is 1. The van der Waals surface area contributed by atoms with Crippen LogP contribution in [0.25, 0.3) is 0 Å². The summed E-state index contributed by atoms with van der Waals surface area (Å²) in [6, 6.07) is 10.6. The number of ether oxygens (including phenoxy) is 1. The first-order valence-electron chi connectivity index (χ1n) is 10.1. The summed E-state index contributed by atoms with van der Waals surface area (Å²) < 4.78 is 25.3. The van der Waals surface area contributed by atoms with Crippen LogP contribution in [0.5, 0.6) is 0 Å². The zero-order valence-electron chi connectivity index (χ0n) is 16.1. The van der Waals surface area contributed by atoms with Crippen LogP contribution < -0.4 is 0 Å². The number of hydrogen-bond donors (Lipinski definition) is 0. The Kier molecular flexibility index (Phi) is 6.07. The quantitative estimate of drug-likeness (QED) is 0.759. The highest BCUT2D eigenvalue weighted by atomic mass is 19.1. The molecule has 1 saturated carbocycles. The predicted molar refractivity (Wildman–Crippen MR) is 103 cm³/mol. The van der Waals surface area contributed by atoms with Crippen molar-refractivity contribution in [1.29, 1.82) is 0 Å². The average Bonchev–Trinajstić information content (AvgIpc) is 3.42. The van der Waals surface area contributed by atoms with Crippen LogP contribution in [0.3, 0.4) is 0 Å². The lowest BCUT2D eigenvalue weighted by atomic mass is 10.1. The van der Waals surface area contributed by atoms with E-state index < -0.39 is 0 Å². The maximum absolute atomic E-state index is 14.0. The number of carbonyl (C=O) groups excluding carboxylic acids is 1. The molecule has 0 bridgehead atoms. The topological polar surface area (TPSA) is 45.9 Å². The third-order valence-electron chi connectivity index (χ3n) is 5.73. The van der Waals surface area contributed by atoms with Crippen LogP contribution in [-0.2, 0) is 11.3 Å². The fraction of sp³-hybridized carbons (Fsp3) is 0.500. The molecule has 1 aliphatic heterocycles. The number of hydrogen-bond acceptors (Lipinski definition) is 4. The second-order valence-corrected chi connectivity index (χ2v) is 7.69. The van der Waals surface area contributed by atoms with E-state index in [1.807, 2.05) is 17.0 Å². The van der Waals surface area contributed by atoms with Crippen molar-refractivity contribution in [2.24, 2.45) is 0 Å². The van der Waals surface area contributed by atoms with Gasteiger partial charge in [-0.2, -0.15) is 0 Å². The van der Waals surface area contributed by atoms with Crippen LogP contribution >= 0.6 is 0 Å². The smallest absolute Gasteiger partial charge is 0.289 e. The van der Waals surface area contributed by atoms with Gasteiger partial charge in [0.2, 0.25) is 0 Å². The van der Waals surface area contributed by atoms with Gasteiger partial charge < -0.3 is 14.1 Å². The molecule has 5 nitrogen and oxygen atoms in total. The summed E-state index contributed by atoms with van der Waals surface area (Å²) in [5, 5.41) is 0. The van der Waals surface area contributed by atoms with Gasteiger partial charge in [-0.15, -0.1) is 0 Å². The standard InChI is InChI=1S/C22H27FN2O3/c23-20-9-4-1-6-17(20)14-24-11-13-27-19(15-24)16-25(18-7-2-3-8-18)22(26)21-10-5-12-28-21/h1,4-6,9-10,12,18-19H,2-3,7-8,11,13-16H2/t19-/m0/s1. The Bertz CT molecular complexity index is 774. The van der Waals surface area contributed by atoms with Gasteiger partial charge in [-0.25, -0.2) is 4.39 Å². The van der Waals surface area contributed by atoms with Gasteiger partial charge in [-0.1, -0.05) is 31.0 Å². The summed E-state index contributed by atoms with van der Waals surface area (Å²) >= 11 is 0. The van der Waals surface area contributed by atoms with Gasteiger partial charge in [0.25, 0.3) is 5.91 Å². The van der Waals surface area contributed by atoms with Crippen molar-refractivity contribution >= 4 is 5.91 Å². The van der Waals surface area contributed by atoms with Crippen molar-refractivity contribution in [3.8, 4) is 0 Å². The lowest BCUT2D eigenvalue weighted by Crippen LogP contribution is -2.50. The first kappa shape index (κ1) is 19.2. The maximum Gasteiger partial charge on any atom is 0.289 e. The number of rotatable bonds is 6. The summed E-state index contributed by atoms with van der Waals surface area (Å²) in [6.07, 6.45) is 5.80. The largest absolute Gasteiger partial charge is 0.459 e. The van der Waals surface area contributed by atoms with Gasteiger partial charge in [-0.3, -0.25) is 9.69 Å². The van der Waals surface area contributed by atoms with Crippen molar-refractivity contribution in [2.45, 2.75) is 44.4 Å². The molecule has 0 radical (unpaired) electrons. The number of carbonyl (C=O) groups is 1. The first-order chi connectivity index (χ1) is 13.7. The summed E-state index contributed by atoms with van der Waals surface area (Å²) in [5.41, 5.74) is 0.697. The van der Waals surface area contributed by atoms with Gasteiger partial charge in [0.05, 0.1) is 19.0 Å². The average molecular weight is 386 g/mol. The Labute approximate surface area is 165 Å². The molecule has 0 unspecified atom stereocenters. The molecule has 2 heterocycles. The number of halogens is 1. The number of amides is 1. The molecule has 2 fully saturated rings. The van der Waals surface area contributed by atoms with Gasteiger partial charge in [-0.05, 0) is 31.0 Å². The molecule has 1 saturated heterocycles. The zero-order chi connectivity index (χ0) is 19.3. The van der Waals surface area contributed by atoms with E-state index in [1.54, 1.807) is 18.2 Å². The molecule has 150 valence electrons. The zero-order valence-corrected chi connectivity index (χ0v) is 16.1. The van der Waals surface area contributed by atoms with Crippen LogP contribution in [0.15, 0.2) is 47.1 Å². The third kappa shape index (κ3) is 4.45. The van der Waals surface area contributed by atoms with E-state index in [2.05, 4.69) is 4.90 Å². The highest BCUT2D eigenvalue weighted by molar-refractivity contribution is 5.91. The Morgan fingerprint density at radius 2 is 2.00 bits per heavy atom. The predicted octanol–water partition coefficient (Wildman–Crippen LogP) is 3.70. The van der Waals surface area contributed by atoms with Crippen LogP contribution in [0, 0.1) is 5.82 Å². The maximum atomic E-state index is 14.0. The van der Waals surface area contributed by atoms with E-state index in [4.69, 9.17) is 9.15 Å². The first-order valence-corrected chi connectivity index (χ1v) is 10.1. The van der Waals surface area contributed by atoms with Crippen molar-refractivity contribution in [3.63, 3.8) is 0 Å². The van der Waals surface area contributed by atoms with Crippen molar-refractivity contribution in [1.82, 2.24) is 9.80 Å². The summed E-state index contributed by atoms with van der Waals surface area (Å²) in [5.74, 6) is 0.142. The lowest BCUT2D eigenvalue weighted by Gasteiger charge is -2.37. The SMILES string of the molecule is O=C(c1ccco1)N(C[C@@H]1CN(Cc2ccccc2F)CCO1)C1CCCC1. The summed E-state index contributed by atoms with van der Waals surface area (Å²) in [7, 11) is 0. The summed E-state index contributed by atoms with van der Waals surface area (Å²) in [4.78, 5) is 17.1.